The minimum atomic E-state index is 0.247. The van der Waals surface area contributed by atoms with Gasteiger partial charge in [-0.15, -0.1) is 0 Å². The van der Waals surface area contributed by atoms with Gasteiger partial charge in [0.1, 0.15) is 0 Å². The zero-order valence-electron chi connectivity index (χ0n) is 11.2. The van der Waals surface area contributed by atoms with Gasteiger partial charge in [-0.3, -0.25) is 4.79 Å². The molecule has 6 N–H and O–H groups in total. The maximum absolute atomic E-state index is 11.6. The van der Waals surface area contributed by atoms with E-state index in [0.29, 0.717) is 25.4 Å². The normalized spacial score (nSPS) is 19.8. The fourth-order valence-electron chi connectivity index (χ4n) is 2.13. The molecule has 1 heterocycles. The molecular formula is C12H27N5O. The molecule has 0 bridgehead atoms. The number of likely N-dealkylation sites (tertiary alicyclic amines) is 1. The third kappa shape index (κ3) is 5.77. The van der Waals surface area contributed by atoms with Gasteiger partial charge in [-0.05, 0) is 32.0 Å². The Bertz CT molecular complexity index is 237. The van der Waals surface area contributed by atoms with E-state index in [0.717, 1.165) is 45.7 Å². The summed E-state index contributed by atoms with van der Waals surface area (Å²) < 4.78 is 0. The molecule has 1 unspecified atom stereocenters. The fraction of sp³-hybridized carbons (Fsp3) is 0.917. The molecule has 0 aromatic rings. The first-order chi connectivity index (χ1) is 8.77. The molecule has 1 rings (SSSR count). The smallest absolute Gasteiger partial charge is 0.223 e. The second-order valence-corrected chi connectivity index (χ2v) is 4.79. The number of nitrogens with two attached hydrogens (primary N) is 2. The second kappa shape index (κ2) is 9.27. The van der Waals surface area contributed by atoms with Crippen molar-refractivity contribution in [2.24, 2.45) is 17.4 Å². The lowest BCUT2D eigenvalue weighted by Crippen LogP contribution is -2.34. The molecule has 1 aliphatic rings. The Balaban J connectivity index is 1.93. The van der Waals surface area contributed by atoms with Crippen molar-refractivity contribution in [3.05, 3.63) is 0 Å². The van der Waals surface area contributed by atoms with E-state index in [4.69, 9.17) is 11.5 Å². The Hall–Kier alpha value is -0.690. The van der Waals surface area contributed by atoms with Crippen molar-refractivity contribution in [2.45, 2.75) is 12.8 Å². The third-order valence-electron chi connectivity index (χ3n) is 3.21. The van der Waals surface area contributed by atoms with E-state index in [-0.39, 0.29) is 5.91 Å². The van der Waals surface area contributed by atoms with Gasteiger partial charge in [0, 0.05) is 39.1 Å². The highest BCUT2D eigenvalue weighted by Crippen LogP contribution is 2.15. The van der Waals surface area contributed by atoms with Gasteiger partial charge < -0.3 is 27.0 Å². The molecule has 106 valence electrons. The highest BCUT2D eigenvalue weighted by atomic mass is 16.2. The van der Waals surface area contributed by atoms with Crippen molar-refractivity contribution in [1.82, 2.24) is 15.5 Å². The molecule has 1 saturated heterocycles. The Morgan fingerprint density at radius 3 is 2.50 bits per heavy atom. The number of rotatable bonds is 10. The standard InChI is InChI=1S/C12H27N5O/c13-2-5-15-3-1-4-16-6-7-17-10-11(9-14)8-12(17)18/h11,15-16H,1-10,13-14H2. The van der Waals surface area contributed by atoms with Crippen LogP contribution in [-0.2, 0) is 4.79 Å². The molecule has 0 aromatic carbocycles. The third-order valence-corrected chi connectivity index (χ3v) is 3.21. The summed E-state index contributed by atoms with van der Waals surface area (Å²) in [5.74, 6) is 0.606. The number of hydrogen-bond acceptors (Lipinski definition) is 5. The molecule has 1 aliphatic heterocycles. The molecule has 1 amide bonds. The van der Waals surface area contributed by atoms with Crippen LogP contribution >= 0.6 is 0 Å². The Morgan fingerprint density at radius 1 is 1.17 bits per heavy atom. The van der Waals surface area contributed by atoms with Crippen LogP contribution in [0.15, 0.2) is 0 Å². The Morgan fingerprint density at radius 2 is 1.89 bits per heavy atom. The van der Waals surface area contributed by atoms with Crippen molar-refractivity contribution < 1.29 is 4.79 Å². The van der Waals surface area contributed by atoms with Crippen LogP contribution in [0, 0.1) is 5.92 Å². The van der Waals surface area contributed by atoms with Crippen LogP contribution in [-0.4, -0.2) is 63.2 Å². The summed E-state index contributed by atoms with van der Waals surface area (Å²) >= 11 is 0. The van der Waals surface area contributed by atoms with Gasteiger partial charge >= 0.3 is 0 Å². The highest BCUT2D eigenvalue weighted by Gasteiger charge is 2.27. The molecule has 0 radical (unpaired) electrons. The molecule has 0 spiro atoms. The Labute approximate surface area is 109 Å². The molecular weight excluding hydrogens is 230 g/mol. The summed E-state index contributed by atoms with van der Waals surface area (Å²) in [7, 11) is 0. The van der Waals surface area contributed by atoms with Crippen LogP contribution in [0.4, 0.5) is 0 Å². The van der Waals surface area contributed by atoms with E-state index in [2.05, 4.69) is 10.6 Å². The van der Waals surface area contributed by atoms with Gasteiger partial charge in [-0.2, -0.15) is 0 Å². The summed E-state index contributed by atoms with van der Waals surface area (Å²) in [6.07, 6.45) is 1.71. The lowest BCUT2D eigenvalue weighted by Gasteiger charge is -2.16. The van der Waals surface area contributed by atoms with Gasteiger partial charge in [-0.1, -0.05) is 0 Å². The summed E-state index contributed by atoms with van der Waals surface area (Å²) in [6.45, 7) is 6.63. The predicted molar refractivity (Wildman–Crippen MR) is 73.2 cm³/mol. The lowest BCUT2D eigenvalue weighted by atomic mass is 10.1. The lowest BCUT2D eigenvalue weighted by molar-refractivity contribution is -0.127. The van der Waals surface area contributed by atoms with Crippen LogP contribution in [0.1, 0.15) is 12.8 Å². The van der Waals surface area contributed by atoms with E-state index in [9.17, 15) is 4.79 Å². The zero-order chi connectivity index (χ0) is 13.2. The summed E-state index contributed by atoms with van der Waals surface area (Å²) in [6, 6.07) is 0. The van der Waals surface area contributed by atoms with E-state index < -0.39 is 0 Å². The SMILES string of the molecule is NCCNCCCNCCN1CC(CN)CC1=O. The van der Waals surface area contributed by atoms with Crippen molar-refractivity contribution in [1.29, 1.82) is 0 Å². The summed E-state index contributed by atoms with van der Waals surface area (Å²) in [4.78, 5) is 13.5. The molecule has 1 fully saturated rings. The monoisotopic (exact) mass is 257 g/mol. The van der Waals surface area contributed by atoms with Gasteiger partial charge in [0.2, 0.25) is 5.91 Å². The average Bonchev–Trinajstić information content (AvgIpc) is 2.73. The van der Waals surface area contributed by atoms with Crippen molar-refractivity contribution in [3.63, 3.8) is 0 Å². The fourth-order valence-corrected chi connectivity index (χ4v) is 2.13. The minimum Gasteiger partial charge on any atom is -0.341 e. The largest absolute Gasteiger partial charge is 0.341 e. The number of hydrogen-bond donors (Lipinski definition) is 4. The first kappa shape index (κ1) is 15.4. The topological polar surface area (TPSA) is 96.4 Å². The van der Waals surface area contributed by atoms with Crippen molar-refractivity contribution in [2.75, 3.05) is 52.4 Å². The van der Waals surface area contributed by atoms with E-state index in [1.165, 1.54) is 0 Å². The maximum Gasteiger partial charge on any atom is 0.223 e. The van der Waals surface area contributed by atoms with E-state index >= 15 is 0 Å². The number of amides is 1. The second-order valence-electron chi connectivity index (χ2n) is 4.79. The molecule has 6 heteroatoms. The van der Waals surface area contributed by atoms with Gasteiger partial charge in [0.25, 0.3) is 0 Å². The van der Waals surface area contributed by atoms with Crippen molar-refractivity contribution >= 4 is 5.91 Å². The molecule has 0 aliphatic carbocycles. The average molecular weight is 257 g/mol. The summed E-state index contributed by atoms with van der Waals surface area (Å²) in [5, 5.41) is 6.59. The number of carbonyl (C=O) groups is 1. The maximum atomic E-state index is 11.6. The van der Waals surface area contributed by atoms with Gasteiger partial charge in [-0.25, -0.2) is 0 Å². The van der Waals surface area contributed by atoms with Crippen LogP contribution in [0.3, 0.4) is 0 Å². The summed E-state index contributed by atoms with van der Waals surface area (Å²) in [5.41, 5.74) is 11.0. The number of nitrogens with zero attached hydrogens (tertiary/aromatic N) is 1. The van der Waals surface area contributed by atoms with Crippen LogP contribution < -0.4 is 22.1 Å². The van der Waals surface area contributed by atoms with Crippen molar-refractivity contribution in [3.8, 4) is 0 Å². The van der Waals surface area contributed by atoms with E-state index in [1.807, 2.05) is 4.90 Å². The van der Waals surface area contributed by atoms with E-state index in [1.54, 1.807) is 0 Å². The van der Waals surface area contributed by atoms with Crippen LogP contribution in [0.2, 0.25) is 0 Å². The molecule has 18 heavy (non-hydrogen) atoms. The van der Waals surface area contributed by atoms with Gasteiger partial charge in [0.15, 0.2) is 0 Å². The number of nitrogens with one attached hydrogen (secondary N) is 2. The first-order valence-electron chi connectivity index (χ1n) is 6.87. The molecule has 1 atom stereocenters. The Kier molecular flexibility index (Phi) is 7.91. The predicted octanol–water partition coefficient (Wildman–Crippen LogP) is -1.68. The molecule has 6 nitrogen and oxygen atoms in total. The van der Waals surface area contributed by atoms with Crippen LogP contribution in [0.5, 0.6) is 0 Å². The zero-order valence-corrected chi connectivity index (χ0v) is 11.2. The van der Waals surface area contributed by atoms with Crippen LogP contribution in [0.25, 0.3) is 0 Å². The number of carbonyl (C=O) groups excluding carboxylic acids is 1. The quantitative estimate of drug-likeness (QED) is 0.351. The molecule has 0 aromatic heterocycles. The molecule has 0 saturated carbocycles. The minimum absolute atomic E-state index is 0.247. The van der Waals surface area contributed by atoms with Gasteiger partial charge in [0.05, 0.1) is 0 Å². The highest BCUT2D eigenvalue weighted by molar-refractivity contribution is 5.78. The first-order valence-corrected chi connectivity index (χ1v) is 6.87.